The summed E-state index contributed by atoms with van der Waals surface area (Å²) < 4.78 is 28.1. The summed E-state index contributed by atoms with van der Waals surface area (Å²) in [6.07, 6.45) is 0. The third-order valence-corrected chi connectivity index (χ3v) is 0.750. The minimum absolute atomic E-state index is 0. The Morgan fingerprint density at radius 1 is 1.50 bits per heavy atom. The molecule has 0 unspecified atom stereocenters. The fourth-order valence-corrected chi connectivity index (χ4v) is 0. The monoisotopic (exact) mass is 170 g/mol. The molecular formula is C2H4KNaO3S. The van der Waals surface area contributed by atoms with E-state index < -0.39 is 15.9 Å². The van der Waals surface area contributed by atoms with Crippen LogP contribution in [0.1, 0.15) is 0 Å². The van der Waals surface area contributed by atoms with Crippen molar-refractivity contribution in [2.75, 3.05) is 5.75 Å². The van der Waals surface area contributed by atoms with E-state index >= 15 is 0 Å². The van der Waals surface area contributed by atoms with Gasteiger partial charge in [0.15, 0.2) is 0 Å². The van der Waals surface area contributed by atoms with Crippen LogP contribution in [0.25, 0.3) is 0 Å². The molecule has 6 heteroatoms. The maximum Gasteiger partial charge on any atom is 1.00 e. The Kier molecular flexibility index (Phi) is 16.1. The van der Waals surface area contributed by atoms with E-state index in [1.54, 1.807) is 0 Å². The zero-order chi connectivity index (χ0) is 5.21. The SMILES string of the molecule is [CH2-]CS(=O)(=O)[O-].[K+].[Na+]. The van der Waals surface area contributed by atoms with E-state index in [4.69, 9.17) is 0 Å². The van der Waals surface area contributed by atoms with Crippen LogP contribution in [0.2, 0.25) is 0 Å². The van der Waals surface area contributed by atoms with Crippen LogP contribution in [0.5, 0.6) is 0 Å². The number of rotatable bonds is 1. The molecule has 0 aliphatic carbocycles. The third-order valence-electron chi connectivity index (χ3n) is 0.250. The van der Waals surface area contributed by atoms with Gasteiger partial charge in [-0.2, -0.15) is 0 Å². The minimum Gasteiger partial charge on any atom is -0.750 e. The third kappa shape index (κ3) is 15.8. The molecule has 0 aromatic heterocycles. The first-order valence-corrected chi connectivity index (χ1v) is 2.87. The van der Waals surface area contributed by atoms with E-state index in [0.29, 0.717) is 0 Å². The van der Waals surface area contributed by atoms with Crippen LogP contribution in [0.3, 0.4) is 0 Å². The molecule has 0 spiro atoms. The predicted molar refractivity (Wildman–Crippen MR) is 19.9 cm³/mol. The molecule has 0 atom stereocenters. The summed E-state index contributed by atoms with van der Waals surface area (Å²) in [6, 6.07) is 0. The average molecular weight is 170 g/mol. The second kappa shape index (κ2) is 7.65. The van der Waals surface area contributed by atoms with Crippen LogP contribution < -0.4 is 80.9 Å². The Hall–Kier alpha value is 2.55. The van der Waals surface area contributed by atoms with Gasteiger partial charge < -0.3 is 11.5 Å². The van der Waals surface area contributed by atoms with Gasteiger partial charge in [-0.25, -0.2) is 8.42 Å². The Balaban J connectivity index is -0.000000125. The maximum atomic E-state index is 9.38. The zero-order valence-corrected chi connectivity index (χ0v) is 11.0. The van der Waals surface area contributed by atoms with Gasteiger partial charge in [0.1, 0.15) is 0 Å². The van der Waals surface area contributed by atoms with Crippen molar-refractivity contribution >= 4 is 10.1 Å². The largest absolute Gasteiger partial charge is 1.00 e. The van der Waals surface area contributed by atoms with Crippen molar-refractivity contribution in [2.24, 2.45) is 0 Å². The van der Waals surface area contributed by atoms with E-state index in [-0.39, 0.29) is 80.9 Å². The van der Waals surface area contributed by atoms with Gasteiger partial charge in [0.25, 0.3) is 0 Å². The second-order valence-electron chi connectivity index (χ2n) is 0.762. The number of hydrogen-bond acceptors (Lipinski definition) is 3. The molecule has 3 nitrogen and oxygen atoms in total. The van der Waals surface area contributed by atoms with Gasteiger partial charge in [0, 0.05) is 0 Å². The first kappa shape index (κ1) is 16.9. The molecule has 0 rings (SSSR count). The van der Waals surface area contributed by atoms with Crippen LogP contribution in [0.15, 0.2) is 0 Å². The van der Waals surface area contributed by atoms with Crippen LogP contribution in [-0.2, 0) is 10.1 Å². The predicted octanol–water partition coefficient (Wildman–Crippen LogP) is -6.63. The van der Waals surface area contributed by atoms with Crippen molar-refractivity contribution in [3.8, 4) is 0 Å². The standard InChI is InChI=1S/C2H5O3S.K.Na/c1-2-6(3,4)5;;/h1-2H2,(H,3,4,5);;/q-1;2*+1/p-1. The molecule has 8 heavy (non-hydrogen) atoms. The van der Waals surface area contributed by atoms with Gasteiger partial charge in [-0.05, 0) is 0 Å². The smallest absolute Gasteiger partial charge is 0.750 e. The van der Waals surface area contributed by atoms with Gasteiger partial charge in [0.05, 0.1) is 10.1 Å². The molecule has 0 radical (unpaired) electrons. The Labute approximate surface area is 114 Å². The Bertz CT molecular complexity index is 119. The molecule has 0 aliphatic rings. The molecule has 0 fully saturated rings. The van der Waals surface area contributed by atoms with Gasteiger partial charge in [-0.3, -0.25) is 0 Å². The molecule has 0 aromatic carbocycles. The first-order valence-electron chi connectivity index (χ1n) is 1.29. The second-order valence-corrected chi connectivity index (χ2v) is 2.29. The summed E-state index contributed by atoms with van der Waals surface area (Å²) in [4.78, 5) is 0. The van der Waals surface area contributed by atoms with E-state index in [0.717, 1.165) is 0 Å². The topological polar surface area (TPSA) is 57.2 Å². The quantitative estimate of drug-likeness (QED) is 0.223. The maximum absolute atomic E-state index is 9.38. The molecule has 0 saturated carbocycles. The molecule has 0 heterocycles. The van der Waals surface area contributed by atoms with Gasteiger partial charge in [0.2, 0.25) is 0 Å². The van der Waals surface area contributed by atoms with Crippen molar-refractivity contribution in [2.45, 2.75) is 0 Å². The molecule has 38 valence electrons. The number of hydrogen-bond donors (Lipinski definition) is 0. The van der Waals surface area contributed by atoms with E-state index in [2.05, 4.69) is 6.92 Å². The summed E-state index contributed by atoms with van der Waals surface area (Å²) in [7, 11) is -4.02. The fraction of sp³-hybridized carbons (Fsp3) is 0.500. The van der Waals surface area contributed by atoms with Crippen molar-refractivity contribution < 1.29 is 93.9 Å². The summed E-state index contributed by atoms with van der Waals surface area (Å²) >= 11 is 0. The summed E-state index contributed by atoms with van der Waals surface area (Å²) in [5.41, 5.74) is 0. The van der Waals surface area contributed by atoms with Crippen molar-refractivity contribution in [1.29, 1.82) is 0 Å². The molecule has 0 saturated heterocycles. The molecule has 0 amide bonds. The summed E-state index contributed by atoms with van der Waals surface area (Å²) in [5.74, 6) is -0.562. The summed E-state index contributed by atoms with van der Waals surface area (Å²) in [6.45, 7) is 2.86. The van der Waals surface area contributed by atoms with Crippen molar-refractivity contribution in [3.63, 3.8) is 0 Å². The van der Waals surface area contributed by atoms with Crippen LogP contribution in [0, 0.1) is 6.92 Å². The van der Waals surface area contributed by atoms with Crippen LogP contribution in [-0.4, -0.2) is 18.7 Å². The van der Waals surface area contributed by atoms with Crippen LogP contribution in [0.4, 0.5) is 0 Å². The first-order chi connectivity index (χ1) is 2.56. The summed E-state index contributed by atoms with van der Waals surface area (Å²) in [5, 5.41) is 0. The minimum atomic E-state index is -4.02. The van der Waals surface area contributed by atoms with E-state index in [1.807, 2.05) is 0 Å². The van der Waals surface area contributed by atoms with Crippen molar-refractivity contribution in [1.82, 2.24) is 0 Å². The average Bonchev–Trinajstić information content (AvgIpc) is 1.35. The Morgan fingerprint density at radius 3 is 1.62 bits per heavy atom. The zero-order valence-electron chi connectivity index (χ0n) is 5.05. The molecule has 0 N–H and O–H groups in total. The Morgan fingerprint density at radius 2 is 1.62 bits per heavy atom. The van der Waals surface area contributed by atoms with Crippen LogP contribution >= 0.6 is 0 Å². The van der Waals surface area contributed by atoms with Gasteiger partial charge in [-0.1, -0.05) is 5.75 Å². The van der Waals surface area contributed by atoms with Gasteiger partial charge >= 0.3 is 80.9 Å². The van der Waals surface area contributed by atoms with E-state index in [1.165, 1.54) is 0 Å². The molecule has 0 bridgehead atoms. The van der Waals surface area contributed by atoms with E-state index in [9.17, 15) is 13.0 Å². The molecule has 0 aliphatic heterocycles. The fourth-order valence-electron chi connectivity index (χ4n) is 0. The van der Waals surface area contributed by atoms with Crippen molar-refractivity contribution in [3.05, 3.63) is 6.92 Å². The van der Waals surface area contributed by atoms with Gasteiger partial charge in [-0.15, -0.1) is 0 Å². The normalized spacial score (nSPS) is 8.75. The molecular weight excluding hydrogens is 166 g/mol. The molecule has 0 aromatic rings.